The number of nitrogens with one attached hydrogen (secondary N) is 1. The summed E-state index contributed by atoms with van der Waals surface area (Å²) in [7, 11) is 0. The van der Waals surface area contributed by atoms with Gasteiger partial charge in [0.15, 0.2) is 6.61 Å². The van der Waals surface area contributed by atoms with Crippen molar-refractivity contribution < 1.29 is 19.1 Å². The maximum Gasteiger partial charge on any atom is 0.345 e. The molecule has 0 amide bonds. The van der Waals surface area contributed by atoms with E-state index in [1.807, 2.05) is 52.9 Å². The Morgan fingerprint density at radius 1 is 1.27 bits per heavy atom. The highest BCUT2D eigenvalue weighted by molar-refractivity contribution is 14.1. The smallest absolute Gasteiger partial charge is 0.345 e. The molecule has 22 heavy (non-hydrogen) atoms. The Hall–Kier alpha value is -1.15. The van der Waals surface area contributed by atoms with Crippen LogP contribution in [0.1, 0.15) is 25.3 Å². The van der Waals surface area contributed by atoms with E-state index in [1.165, 1.54) is 0 Å². The van der Waals surface area contributed by atoms with Crippen molar-refractivity contribution in [1.29, 1.82) is 0 Å². The Morgan fingerprint density at radius 2 is 1.91 bits per heavy atom. The summed E-state index contributed by atoms with van der Waals surface area (Å²) in [5.74, 6) is -0.909. The van der Waals surface area contributed by atoms with Crippen molar-refractivity contribution in [2.75, 3.05) is 19.7 Å². The zero-order chi connectivity index (χ0) is 16.0. The SMILES string of the molecule is CC(I)C(=O)OCC(=O)OC1(c2ccccc2)CCNCC1. The van der Waals surface area contributed by atoms with Crippen molar-refractivity contribution in [3.05, 3.63) is 35.9 Å². The first-order valence-corrected chi connectivity index (χ1v) is 8.57. The van der Waals surface area contributed by atoms with Crippen molar-refractivity contribution in [1.82, 2.24) is 5.32 Å². The zero-order valence-electron chi connectivity index (χ0n) is 12.5. The lowest BCUT2D eigenvalue weighted by Gasteiger charge is -2.37. The van der Waals surface area contributed by atoms with Gasteiger partial charge in [0.2, 0.25) is 0 Å². The number of carbonyl (C=O) groups is 2. The van der Waals surface area contributed by atoms with Gasteiger partial charge in [-0.3, -0.25) is 4.79 Å². The summed E-state index contributed by atoms with van der Waals surface area (Å²) in [6.45, 7) is 2.94. The van der Waals surface area contributed by atoms with Crippen LogP contribution >= 0.6 is 22.6 Å². The Balaban J connectivity index is 2.04. The molecule has 6 heteroatoms. The molecule has 0 spiro atoms. The molecule has 1 saturated heterocycles. The van der Waals surface area contributed by atoms with Gasteiger partial charge in [-0.25, -0.2) is 4.79 Å². The third-order valence-corrected chi connectivity index (χ3v) is 4.19. The highest BCUT2D eigenvalue weighted by Gasteiger charge is 2.37. The Morgan fingerprint density at radius 3 is 2.50 bits per heavy atom. The first-order valence-electron chi connectivity index (χ1n) is 7.32. The monoisotopic (exact) mass is 417 g/mol. The predicted octanol–water partition coefficient (Wildman–Crippen LogP) is 2.18. The van der Waals surface area contributed by atoms with Gasteiger partial charge in [-0.2, -0.15) is 0 Å². The highest BCUT2D eigenvalue weighted by atomic mass is 127. The quantitative estimate of drug-likeness (QED) is 0.452. The van der Waals surface area contributed by atoms with E-state index in [4.69, 9.17) is 9.47 Å². The molecule has 2 rings (SSSR count). The molecule has 120 valence electrons. The lowest BCUT2D eigenvalue weighted by Crippen LogP contribution is -2.43. The minimum atomic E-state index is -0.633. The molecule has 1 atom stereocenters. The van der Waals surface area contributed by atoms with Gasteiger partial charge in [-0.15, -0.1) is 0 Å². The highest BCUT2D eigenvalue weighted by Crippen LogP contribution is 2.34. The van der Waals surface area contributed by atoms with Gasteiger partial charge in [0.1, 0.15) is 9.53 Å². The molecule has 0 saturated carbocycles. The van der Waals surface area contributed by atoms with Crippen molar-refractivity contribution in [2.24, 2.45) is 0 Å². The molecule has 0 bridgehead atoms. The minimum Gasteiger partial charge on any atom is -0.453 e. The number of alkyl halides is 1. The van der Waals surface area contributed by atoms with Gasteiger partial charge >= 0.3 is 11.9 Å². The number of ether oxygens (including phenoxy) is 2. The van der Waals surface area contributed by atoms with E-state index in [-0.39, 0.29) is 10.5 Å². The molecule has 1 aromatic carbocycles. The topological polar surface area (TPSA) is 64.6 Å². The second-order valence-electron chi connectivity index (χ2n) is 5.31. The second kappa shape index (κ2) is 7.92. The standard InChI is InChI=1S/C16H20INO4/c1-12(17)15(20)21-11-14(19)22-16(7-9-18-10-8-16)13-5-3-2-4-6-13/h2-6,12,18H,7-11H2,1H3. The van der Waals surface area contributed by atoms with E-state index >= 15 is 0 Å². The normalized spacial score (nSPS) is 18.3. The summed E-state index contributed by atoms with van der Waals surface area (Å²) < 4.78 is 10.4. The molecule has 0 aliphatic carbocycles. The van der Waals surface area contributed by atoms with Crippen LogP contribution < -0.4 is 5.32 Å². The summed E-state index contributed by atoms with van der Waals surface area (Å²) in [4.78, 5) is 23.5. The second-order valence-corrected chi connectivity index (χ2v) is 7.18. The number of benzene rings is 1. The fraction of sp³-hybridized carbons (Fsp3) is 0.500. The van der Waals surface area contributed by atoms with Crippen molar-refractivity contribution >= 4 is 34.5 Å². The Bertz CT molecular complexity index is 512. The van der Waals surface area contributed by atoms with Gasteiger partial charge in [0.25, 0.3) is 0 Å². The number of piperidine rings is 1. The summed E-state index contributed by atoms with van der Waals surface area (Å²) in [6, 6.07) is 9.74. The minimum absolute atomic E-state index is 0.285. The molecule has 1 fully saturated rings. The predicted molar refractivity (Wildman–Crippen MR) is 90.8 cm³/mol. The fourth-order valence-corrected chi connectivity index (χ4v) is 2.69. The lowest BCUT2D eigenvalue weighted by atomic mass is 9.85. The number of halogens is 1. The first-order chi connectivity index (χ1) is 10.5. The number of esters is 2. The summed E-state index contributed by atoms with van der Waals surface area (Å²) in [5, 5.41) is 3.27. The largest absolute Gasteiger partial charge is 0.453 e. The number of carbonyl (C=O) groups excluding carboxylic acids is 2. The molecule has 1 unspecified atom stereocenters. The third-order valence-electron chi connectivity index (χ3n) is 3.68. The molecule has 0 radical (unpaired) electrons. The zero-order valence-corrected chi connectivity index (χ0v) is 14.7. The van der Waals surface area contributed by atoms with Crippen LogP contribution in [0.25, 0.3) is 0 Å². The average molecular weight is 417 g/mol. The van der Waals surface area contributed by atoms with Gasteiger partial charge in [-0.1, -0.05) is 52.9 Å². The number of rotatable bonds is 5. The van der Waals surface area contributed by atoms with Crippen LogP contribution in [0.3, 0.4) is 0 Å². The van der Waals surface area contributed by atoms with Crippen LogP contribution in [0.15, 0.2) is 30.3 Å². The summed E-state index contributed by atoms with van der Waals surface area (Å²) in [5.41, 5.74) is 0.352. The molecule has 0 aromatic heterocycles. The van der Waals surface area contributed by atoms with Gasteiger partial charge in [0.05, 0.1) is 0 Å². The molecule has 1 aliphatic heterocycles. The van der Waals surface area contributed by atoms with Crippen LogP contribution in [0.5, 0.6) is 0 Å². The van der Waals surface area contributed by atoms with Crippen LogP contribution in [0.4, 0.5) is 0 Å². The molecule has 1 heterocycles. The van der Waals surface area contributed by atoms with E-state index in [0.29, 0.717) is 12.8 Å². The average Bonchev–Trinajstić information content (AvgIpc) is 2.54. The van der Waals surface area contributed by atoms with E-state index in [2.05, 4.69) is 5.32 Å². The van der Waals surface area contributed by atoms with Crippen LogP contribution in [-0.2, 0) is 24.7 Å². The maximum absolute atomic E-state index is 12.1. The van der Waals surface area contributed by atoms with E-state index in [1.54, 1.807) is 6.92 Å². The van der Waals surface area contributed by atoms with Gasteiger partial charge < -0.3 is 14.8 Å². The fourth-order valence-electron chi connectivity index (χ4n) is 2.51. The van der Waals surface area contributed by atoms with Crippen LogP contribution in [0, 0.1) is 0 Å². The summed E-state index contributed by atoms with van der Waals surface area (Å²) in [6.07, 6.45) is 1.42. The van der Waals surface area contributed by atoms with E-state index in [9.17, 15) is 9.59 Å². The van der Waals surface area contributed by atoms with Crippen molar-refractivity contribution in [2.45, 2.75) is 29.3 Å². The molecule has 1 N–H and O–H groups in total. The van der Waals surface area contributed by atoms with E-state index in [0.717, 1.165) is 18.7 Å². The third kappa shape index (κ3) is 4.42. The molecule has 5 nitrogen and oxygen atoms in total. The van der Waals surface area contributed by atoms with Gasteiger partial charge in [-0.05, 0) is 25.6 Å². The number of hydrogen-bond donors (Lipinski definition) is 1. The molecular formula is C16H20INO4. The number of hydrogen-bond acceptors (Lipinski definition) is 5. The first kappa shape index (κ1) is 17.2. The van der Waals surface area contributed by atoms with Crippen molar-refractivity contribution in [3.63, 3.8) is 0 Å². The van der Waals surface area contributed by atoms with Crippen molar-refractivity contribution in [3.8, 4) is 0 Å². The molecule has 1 aromatic rings. The Labute approximate surface area is 143 Å². The Kier molecular flexibility index (Phi) is 6.19. The summed E-state index contributed by atoms with van der Waals surface area (Å²) >= 11 is 1.95. The maximum atomic E-state index is 12.1. The van der Waals surface area contributed by atoms with Crippen LogP contribution in [-0.4, -0.2) is 35.6 Å². The lowest BCUT2D eigenvalue weighted by molar-refractivity contribution is -0.173. The molecular weight excluding hydrogens is 397 g/mol. The van der Waals surface area contributed by atoms with Crippen LogP contribution in [0.2, 0.25) is 0 Å². The molecule has 1 aliphatic rings. The van der Waals surface area contributed by atoms with E-state index < -0.39 is 17.5 Å². The van der Waals surface area contributed by atoms with Gasteiger partial charge in [0, 0.05) is 12.8 Å².